The monoisotopic (exact) mass is 232 g/mol. The number of benzene rings is 1. The Kier molecular flexibility index (Phi) is 2.51. The summed E-state index contributed by atoms with van der Waals surface area (Å²) < 4.78 is 28.5. The Labute approximate surface area is 87.6 Å². The van der Waals surface area contributed by atoms with Gasteiger partial charge in [0.15, 0.2) is 5.44 Å². The molecular weight excluding hydrogens is 224 g/mol. The molecule has 1 aliphatic rings. The maximum atomic E-state index is 11.8. The van der Waals surface area contributed by atoms with Crippen molar-refractivity contribution in [1.29, 1.82) is 0 Å². The lowest BCUT2D eigenvalue weighted by Gasteiger charge is -2.25. The van der Waals surface area contributed by atoms with Crippen LogP contribution in [0.3, 0.4) is 0 Å². The van der Waals surface area contributed by atoms with Gasteiger partial charge in [0.25, 0.3) is 0 Å². The molecule has 0 aromatic heterocycles. The van der Waals surface area contributed by atoms with E-state index >= 15 is 0 Å². The number of ether oxygens (including phenoxy) is 1. The summed E-state index contributed by atoms with van der Waals surface area (Å²) in [7, 11) is -3.30. The van der Waals surface area contributed by atoms with Crippen LogP contribution >= 0.6 is 11.6 Å². The molecule has 1 aliphatic heterocycles. The van der Waals surface area contributed by atoms with Gasteiger partial charge in [0.2, 0.25) is 9.84 Å². The number of rotatable bonds is 2. The van der Waals surface area contributed by atoms with Gasteiger partial charge in [0.05, 0.1) is 11.5 Å². The molecule has 1 aromatic rings. The first-order valence-electron chi connectivity index (χ1n) is 4.22. The molecule has 0 spiro atoms. The molecule has 14 heavy (non-hydrogen) atoms. The molecule has 0 radical (unpaired) electrons. The van der Waals surface area contributed by atoms with Crippen molar-refractivity contribution in [3.05, 3.63) is 29.3 Å². The van der Waals surface area contributed by atoms with Crippen LogP contribution in [0.2, 0.25) is 5.02 Å². The van der Waals surface area contributed by atoms with Crippen LogP contribution in [0.4, 0.5) is 0 Å². The largest absolute Gasteiger partial charge is 0.362 e. The molecule has 0 saturated carbocycles. The predicted molar refractivity (Wildman–Crippen MR) is 53.0 cm³/mol. The summed E-state index contributed by atoms with van der Waals surface area (Å²) in [6, 6.07) is 6.12. The second-order valence-electron chi connectivity index (χ2n) is 3.09. The molecule has 0 bridgehead atoms. The first kappa shape index (κ1) is 9.96. The highest BCUT2D eigenvalue weighted by Gasteiger charge is 2.33. The van der Waals surface area contributed by atoms with E-state index in [0.29, 0.717) is 18.1 Å². The number of sulfone groups is 1. The summed E-state index contributed by atoms with van der Waals surface area (Å²) in [6.07, 6.45) is 0.574. The van der Waals surface area contributed by atoms with E-state index in [9.17, 15) is 8.42 Å². The smallest absolute Gasteiger partial charge is 0.205 e. The van der Waals surface area contributed by atoms with E-state index in [1.807, 2.05) is 0 Å². The van der Waals surface area contributed by atoms with E-state index < -0.39 is 15.3 Å². The van der Waals surface area contributed by atoms with Gasteiger partial charge in [-0.2, -0.15) is 0 Å². The summed E-state index contributed by atoms with van der Waals surface area (Å²) in [5, 5.41) is 0.526. The SMILES string of the molecule is O=S(=O)(c1ccc(Cl)cc1)[C@@H]1CCO1. The van der Waals surface area contributed by atoms with Gasteiger partial charge >= 0.3 is 0 Å². The summed E-state index contributed by atoms with van der Waals surface area (Å²) >= 11 is 5.66. The van der Waals surface area contributed by atoms with Gasteiger partial charge in [0.1, 0.15) is 0 Å². The van der Waals surface area contributed by atoms with E-state index in [-0.39, 0.29) is 4.90 Å². The Balaban J connectivity index is 2.34. The number of hydrogen-bond acceptors (Lipinski definition) is 3. The highest BCUT2D eigenvalue weighted by molar-refractivity contribution is 7.92. The average Bonchev–Trinajstić information content (AvgIpc) is 2.00. The second-order valence-corrected chi connectivity index (χ2v) is 5.61. The van der Waals surface area contributed by atoms with Crippen molar-refractivity contribution in [2.75, 3.05) is 6.61 Å². The zero-order chi connectivity index (χ0) is 10.2. The Bertz CT molecular complexity index is 420. The molecular formula is C9H9ClO3S. The molecule has 2 rings (SSSR count). The molecule has 0 aliphatic carbocycles. The molecule has 5 heteroatoms. The van der Waals surface area contributed by atoms with Crippen LogP contribution in [-0.2, 0) is 14.6 Å². The van der Waals surface area contributed by atoms with Gasteiger partial charge in [0, 0.05) is 11.4 Å². The van der Waals surface area contributed by atoms with Crippen molar-refractivity contribution in [2.45, 2.75) is 16.8 Å². The molecule has 76 valence electrons. The fourth-order valence-electron chi connectivity index (χ4n) is 1.23. The topological polar surface area (TPSA) is 43.4 Å². The predicted octanol–water partition coefficient (Wildman–Crippen LogP) is 1.86. The van der Waals surface area contributed by atoms with E-state index in [2.05, 4.69) is 0 Å². The molecule has 1 fully saturated rings. The summed E-state index contributed by atoms with van der Waals surface area (Å²) in [5.41, 5.74) is -0.663. The van der Waals surface area contributed by atoms with Crippen molar-refractivity contribution in [3.63, 3.8) is 0 Å². The molecule has 3 nitrogen and oxygen atoms in total. The quantitative estimate of drug-likeness (QED) is 0.782. The van der Waals surface area contributed by atoms with E-state index in [1.165, 1.54) is 12.1 Å². The Morgan fingerprint density at radius 3 is 2.29 bits per heavy atom. The van der Waals surface area contributed by atoms with Crippen LogP contribution in [0.25, 0.3) is 0 Å². The van der Waals surface area contributed by atoms with Gasteiger partial charge in [-0.1, -0.05) is 11.6 Å². The lowest BCUT2D eigenvalue weighted by Crippen LogP contribution is -2.34. The fraction of sp³-hybridized carbons (Fsp3) is 0.333. The zero-order valence-corrected chi connectivity index (χ0v) is 8.88. The molecule has 1 heterocycles. The zero-order valence-electron chi connectivity index (χ0n) is 7.31. The molecule has 1 saturated heterocycles. The number of hydrogen-bond donors (Lipinski definition) is 0. The van der Waals surface area contributed by atoms with Crippen LogP contribution in [-0.4, -0.2) is 20.5 Å². The maximum Gasteiger partial charge on any atom is 0.205 e. The first-order chi connectivity index (χ1) is 6.60. The van der Waals surface area contributed by atoms with Crippen LogP contribution in [0, 0.1) is 0 Å². The third-order valence-corrected chi connectivity index (χ3v) is 4.39. The van der Waals surface area contributed by atoms with Crippen LogP contribution in [0.5, 0.6) is 0 Å². The summed E-state index contributed by atoms with van der Waals surface area (Å²) in [6.45, 7) is 0.525. The van der Waals surface area contributed by atoms with Crippen LogP contribution < -0.4 is 0 Å². The minimum atomic E-state index is -3.30. The van der Waals surface area contributed by atoms with Crippen molar-refractivity contribution in [3.8, 4) is 0 Å². The standard InChI is InChI=1S/C9H9ClO3S/c10-7-1-3-8(4-2-7)14(11,12)9-5-6-13-9/h1-4,9H,5-6H2/t9-/m1/s1. The van der Waals surface area contributed by atoms with E-state index in [0.717, 1.165) is 0 Å². The van der Waals surface area contributed by atoms with Crippen LogP contribution in [0.1, 0.15) is 6.42 Å². The summed E-state index contributed by atoms with van der Waals surface area (Å²) in [5.74, 6) is 0. The van der Waals surface area contributed by atoms with Crippen molar-refractivity contribution < 1.29 is 13.2 Å². The first-order valence-corrected chi connectivity index (χ1v) is 6.14. The highest BCUT2D eigenvalue weighted by atomic mass is 35.5. The lowest BCUT2D eigenvalue weighted by molar-refractivity contribution is 0.00316. The van der Waals surface area contributed by atoms with E-state index in [4.69, 9.17) is 16.3 Å². The van der Waals surface area contributed by atoms with Gasteiger partial charge in [-0.15, -0.1) is 0 Å². The molecule has 0 unspecified atom stereocenters. The Morgan fingerprint density at radius 1 is 1.29 bits per heavy atom. The van der Waals surface area contributed by atoms with Crippen LogP contribution in [0.15, 0.2) is 29.2 Å². The minimum Gasteiger partial charge on any atom is -0.362 e. The average molecular weight is 233 g/mol. The van der Waals surface area contributed by atoms with Gasteiger partial charge in [-0.05, 0) is 24.3 Å². The Hall–Kier alpha value is -0.580. The van der Waals surface area contributed by atoms with Crippen molar-refractivity contribution in [2.24, 2.45) is 0 Å². The van der Waals surface area contributed by atoms with Gasteiger partial charge < -0.3 is 4.74 Å². The molecule has 0 N–H and O–H groups in total. The third-order valence-electron chi connectivity index (χ3n) is 2.15. The maximum absolute atomic E-state index is 11.8. The fourth-order valence-corrected chi connectivity index (χ4v) is 2.86. The minimum absolute atomic E-state index is 0.270. The second kappa shape index (κ2) is 3.53. The summed E-state index contributed by atoms with van der Waals surface area (Å²) in [4.78, 5) is 0.270. The Morgan fingerprint density at radius 2 is 1.86 bits per heavy atom. The molecule has 0 amide bonds. The number of halogens is 1. The van der Waals surface area contributed by atoms with Crippen molar-refractivity contribution >= 4 is 21.4 Å². The lowest BCUT2D eigenvalue weighted by atomic mass is 10.4. The highest BCUT2D eigenvalue weighted by Crippen LogP contribution is 2.25. The van der Waals surface area contributed by atoms with Gasteiger partial charge in [-0.25, -0.2) is 8.42 Å². The third kappa shape index (κ3) is 1.65. The molecule has 1 aromatic carbocycles. The van der Waals surface area contributed by atoms with Gasteiger partial charge in [-0.3, -0.25) is 0 Å². The normalized spacial score (nSPS) is 21.6. The van der Waals surface area contributed by atoms with E-state index in [1.54, 1.807) is 12.1 Å². The molecule has 1 atom stereocenters. The van der Waals surface area contributed by atoms with Crippen molar-refractivity contribution in [1.82, 2.24) is 0 Å².